The molecule has 0 atom stereocenters. The highest BCUT2D eigenvalue weighted by Gasteiger charge is 2.24. The fourth-order valence-corrected chi connectivity index (χ4v) is 3.37. The van der Waals surface area contributed by atoms with E-state index in [4.69, 9.17) is 10.5 Å². The molecule has 1 heterocycles. The number of fused-ring (bicyclic) bond motifs is 1. The van der Waals surface area contributed by atoms with Crippen LogP contribution in [0, 0.1) is 11.8 Å². The van der Waals surface area contributed by atoms with E-state index >= 15 is 0 Å². The third-order valence-electron chi connectivity index (χ3n) is 3.00. The summed E-state index contributed by atoms with van der Waals surface area (Å²) in [5.41, 5.74) is 7.07. The summed E-state index contributed by atoms with van der Waals surface area (Å²) in [6.07, 6.45) is 2.13. The van der Waals surface area contributed by atoms with Gasteiger partial charge in [0.15, 0.2) is 0 Å². The van der Waals surface area contributed by atoms with E-state index in [2.05, 4.69) is 16.6 Å². The second-order valence-corrected chi connectivity index (χ2v) is 6.27. The quantitative estimate of drug-likeness (QED) is 0.498. The van der Waals surface area contributed by atoms with Gasteiger partial charge in [0.2, 0.25) is 10.0 Å². The highest BCUT2D eigenvalue weighted by Crippen LogP contribution is 2.34. The molecule has 0 fully saturated rings. The molecule has 0 unspecified atom stereocenters. The number of rotatable bonds is 4. The highest BCUT2D eigenvalue weighted by atomic mass is 32.2. The van der Waals surface area contributed by atoms with E-state index < -0.39 is 10.0 Å². The minimum absolute atomic E-state index is 0.122. The lowest BCUT2D eigenvalue weighted by Gasteiger charge is -2.21. The van der Waals surface area contributed by atoms with Gasteiger partial charge in [0, 0.05) is 18.7 Å². The van der Waals surface area contributed by atoms with Crippen LogP contribution in [-0.4, -0.2) is 21.6 Å². The van der Waals surface area contributed by atoms with Crippen LogP contribution < -0.4 is 15.2 Å². The first-order chi connectivity index (χ1) is 9.54. The molecule has 108 valence electrons. The second kappa shape index (κ2) is 6.16. The molecule has 1 aliphatic heterocycles. The van der Waals surface area contributed by atoms with Gasteiger partial charge in [-0.25, -0.2) is 13.1 Å². The van der Waals surface area contributed by atoms with Crippen molar-refractivity contribution in [3.05, 3.63) is 17.7 Å². The average Bonchev–Trinajstić information content (AvgIpc) is 2.42. The molecule has 2 rings (SSSR count). The van der Waals surface area contributed by atoms with Crippen LogP contribution in [0.2, 0.25) is 0 Å². The molecule has 1 aliphatic rings. The number of nitrogens with one attached hydrogen (secondary N) is 1. The molecule has 0 saturated heterocycles. The van der Waals surface area contributed by atoms with E-state index in [1.165, 1.54) is 6.07 Å². The molecule has 1 aromatic carbocycles. The predicted octanol–water partition coefficient (Wildman–Crippen LogP) is 1.29. The molecular formula is C14H18N2O3S. The van der Waals surface area contributed by atoms with Crippen molar-refractivity contribution in [2.45, 2.75) is 31.1 Å². The summed E-state index contributed by atoms with van der Waals surface area (Å²) in [7, 11) is -3.63. The monoisotopic (exact) mass is 294 g/mol. The first-order valence-electron chi connectivity index (χ1n) is 6.49. The summed E-state index contributed by atoms with van der Waals surface area (Å²) in [6.45, 7) is 2.52. The zero-order chi connectivity index (χ0) is 14.6. The Balaban J connectivity index is 2.30. The number of aryl methyl sites for hydroxylation is 1. The molecule has 0 amide bonds. The van der Waals surface area contributed by atoms with Crippen LogP contribution in [0.3, 0.4) is 0 Å². The molecule has 5 nitrogen and oxygen atoms in total. The number of benzene rings is 1. The van der Waals surface area contributed by atoms with Crippen LogP contribution in [0.15, 0.2) is 17.0 Å². The molecular weight excluding hydrogens is 276 g/mol. The molecule has 0 aromatic heterocycles. The van der Waals surface area contributed by atoms with Gasteiger partial charge in [-0.2, -0.15) is 0 Å². The minimum atomic E-state index is -3.63. The maximum Gasteiger partial charge on any atom is 0.244 e. The molecule has 6 heteroatoms. The smallest absolute Gasteiger partial charge is 0.244 e. The Morgan fingerprint density at radius 2 is 2.25 bits per heavy atom. The van der Waals surface area contributed by atoms with E-state index in [0.717, 1.165) is 18.4 Å². The van der Waals surface area contributed by atoms with Crippen molar-refractivity contribution < 1.29 is 13.2 Å². The maximum atomic E-state index is 12.3. The summed E-state index contributed by atoms with van der Waals surface area (Å²) in [5, 5.41) is 0. The Hall–Kier alpha value is -1.71. The van der Waals surface area contributed by atoms with Gasteiger partial charge in [-0.3, -0.25) is 0 Å². The Morgan fingerprint density at radius 3 is 3.00 bits per heavy atom. The first-order valence-corrected chi connectivity index (χ1v) is 7.97. The molecule has 20 heavy (non-hydrogen) atoms. The topological polar surface area (TPSA) is 81.4 Å². The zero-order valence-corrected chi connectivity index (χ0v) is 12.2. The summed E-state index contributed by atoms with van der Waals surface area (Å²) in [6, 6.07) is 3.22. The Kier molecular flexibility index (Phi) is 4.53. The molecule has 0 spiro atoms. The molecule has 0 aliphatic carbocycles. The highest BCUT2D eigenvalue weighted by molar-refractivity contribution is 7.89. The number of hydrogen-bond donors (Lipinski definition) is 2. The molecule has 0 bridgehead atoms. The van der Waals surface area contributed by atoms with Crippen molar-refractivity contribution in [3.8, 4) is 17.6 Å². The summed E-state index contributed by atoms with van der Waals surface area (Å²) < 4.78 is 32.7. The number of hydrogen-bond acceptors (Lipinski definition) is 4. The number of ether oxygens (including phenoxy) is 1. The summed E-state index contributed by atoms with van der Waals surface area (Å²) in [5.74, 6) is 5.97. The van der Waals surface area contributed by atoms with Crippen molar-refractivity contribution >= 4 is 15.7 Å². The number of anilines is 1. The van der Waals surface area contributed by atoms with Gasteiger partial charge in [0.1, 0.15) is 10.6 Å². The predicted molar refractivity (Wildman–Crippen MR) is 77.9 cm³/mol. The zero-order valence-electron chi connectivity index (χ0n) is 11.4. The van der Waals surface area contributed by atoms with Crippen LogP contribution in [0.1, 0.15) is 25.3 Å². The molecule has 1 aromatic rings. The van der Waals surface area contributed by atoms with Crippen LogP contribution in [0.4, 0.5) is 5.69 Å². The fourth-order valence-electron chi connectivity index (χ4n) is 2.12. The van der Waals surface area contributed by atoms with E-state index in [-0.39, 0.29) is 11.4 Å². The van der Waals surface area contributed by atoms with Crippen molar-refractivity contribution in [1.82, 2.24) is 4.72 Å². The Labute approximate surface area is 119 Å². The lowest BCUT2D eigenvalue weighted by Crippen LogP contribution is -2.26. The SMILES string of the molecule is CC#CCCNS(=O)(=O)c1cc(N)cc2c1OCCC2. The minimum Gasteiger partial charge on any atom is -0.492 e. The Bertz CT molecular complexity index is 657. The van der Waals surface area contributed by atoms with Gasteiger partial charge in [-0.15, -0.1) is 11.8 Å². The molecule has 3 N–H and O–H groups in total. The van der Waals surface area contributed by atoms with Gasteiger partial charge in [0.25, 0.3) is 0 Å². The van der Waals surface area contributed by atoms with E-state index in [1.807, 2.05) is 0 Å². The van der Waals surface area contributed by atoms with E-state index in [0.29, 0.717) is 24.5 Å². The van der Waals surface area contributed by atoms with E-state index in [9.17, 15) is 8.42 Å². The summed E-state index contributed by atoms with van der Waals surface area (Å²) >= 11 is 0. The average molecular weight is 294 g/mol. The lowest BCUT2D eigenvalue weighted by atomic mass is 10.1. The standard InChI is InChI=1S/C14H18N2O3S/c1-2-3-4-7-16-20(17,18)13-10-12(15)9-11-6-5-8-19-14(11)13/h9-10,16H,4-8,15H2,1H3. The molecule has 0 saturated carbocycles. The maximum absolute atomic E-state index is 12.3. The first kappa shape index (κ1) is 14.7. The van der Waals surface area contributed by atoms with Crippen molar-refractivity contribution in [2.24, 2.45) is 0 Å². The normalized spacial score (nSPS) is 13.8. The van der Waals surface area contributed by atoms with Gasteiger partial charge >= 0.3 is 0 Å². The fraction of sp³-hybridized carbons (Fsp3) is 0.429. The third kappa shape index (κ3) is 3.24. The van der Waals surface area contributed by atoms with Gasteiger partial charge in [-0.1, -0.05) is 0 Å². The van der Waals surface area contributed by atoms with Crippen molar-refractivity contribution in [3.63, 3.8) is 0 Å². The van der Waals surface area contributed by atoms with E-state index in [1.54, 1.807) is 13.0 Å². The number of sulfonamides is 1. The number of nitrogen functional groups attached to an aromatic ring is 1. The Morgan fingerprint density at radius 1 is 1.45 bits per heavy atom. The van der Waals surface area contributed by atoms with Crippen LogP contribution in [-0.2, 0) is 16.4 Å². The van der Waals surface area contributed by atoms with Crippen molar-refractivity contribution in [1.29, 1.82) is 0 Å². The van der Waals surface area contributed by atoms with Gasteiger partial charge in [0.05, 0.1) is 6.61 Å². The van der Waals surface area contributed by atoms with Gasteiger partial charge in [-0.05, 0) is 37.5 Å². The largest absolute Gasteiger partial charge is 0.492 e. The van der Waals surface area contributed by atoms with Crippen LogP contribution in [0.5, 0.6) is 5.75 Å². The molecule has 0 radical (unpaired) electrons. The second-order valence-electron chi connectivity index (χ2n) is 4.53. The van der Waals surface area contributed by atoms with Crippen molar-refractivity contribution in [2.75, 3.05) is 18.9 Å². The van der Waals surface area contributed by atoms with Crippen LogP contribution in [0.25, 0.3) is 0 Å². The number of nitrogens with two attached hydrogens (primary N) is 1. The summed E-state index contributed by atoms with van der Waals surface area (Å²) in [4.78, 5) is 0.122. The lowest BCUT2D eigenvalue weighted by molar-refractivity contribution is 0.280. The third-order valence-corrected chi connectivity index (χ3v) is 4.47. The van der Waals surface area contributed by atoms with Crippen LogP contribution >= 0.6 is 0 Å². The van der Waals surface area contributed by atoms with Gasteiger partial charge < -0.3 is 10.5 Å².